The van der Waals surface area contributed by atoms with Gasteiger partial charge >= 0.3 is 0 Å². The monoisotopic (exact) mass is 563 g/mol. The van der Waals surface area contributed by atoms with Crippen LogP contribution in [-0.2, 0) is 6.54 Å². The molecule has 6 nitrogen and oxygen atoms in total. The number of halogens is 1. The number of ether oxygens (including phenoxy) is 1. The number of rotatable bonds is 7. The number of hydrogen-bond donors (Lipinski definition) is 2. The van der Waals surface area contributed by atoms with E-state index in [2.05, 4.69) is 74.8 Å². The van der Waals surface area contributed by atoms with Crippen molar-refractivity contribution in [2.45, 2.75) is 38.4 Å². The van der Waals surface area contributed by atoms with Gasteiger partial charge in [0, 0.05) is 51.9 Å². The lowest BCUT2D eigenvalue weighted by Crippen LogP contribution is -2.46. The van der Waals surface area contributed by atoms with Gasteiger partial charge in [-0.15, -0.1) is 24.0 Å². The molecule has 7 heteroatoms. The summed E-state index contributed by atoms with van der Waals surface area (Å²) in [4.78, 5) is 9.48. The molecule has 0 radical (unpaired) electrons. The fourth-order valence-corrected chi connectivity index (χ4v) is 4.98. The molecule has 4 rings (SSSR count). The van der Waals surface area contributed by atoms with Gasteiger partial charge in [-0.1, -0.05) is 42.5 Å². The van der Waals surface area contributed by atoms with Crippen molar-refractivity contribution in [2.75, 3.05) is 45.2 Å². The highest BCUT2D eigenvalue weighted by molar-refractivity contribution is 14.0. The van der Waals surface area contributed by atoms with E-state index < -0.39 is 0 Å². The molecule has 0 amide bonds. The average Bonchev–Trinajstić information content (AvgIpc) is 3.43. The van der Waals surface area contributed by atoms with Crippen LogP contribution in [0.15, 0.2) is 59.6 Å². The van der Waals surface area contributed by atoms with E-state index in [1.807, 2.05) is 19.2 Å². The summed E-state index contributed by atoms with van der Waals surface area (Å²) in [5.74, 6) is 2.46. The number of nitrogens with one attached hydrogen (secondary N) is 2. The second-order valence-electron chi connectivity index (χ2n) is 9.07. The molecule has 2 aromatic rings. The van der Waals surface area contributed by atoms with Crippen molar-refractivity contribution < 1.29 is 4.74 Å². The molecule has 2 saturated heterocycles. The molecule has 3 atom stereocenters. The minimum atomic E-state index is 0. The van der Waals surface area contributed by atoms with Crippen molar-refractivity contribution in [3.05, 3.63) is 60.2 Å². The first-order valence-electron chi connectivity index (χ1n) is 11.8. The van der Waals surface area contributed by atoms with Crippen LogP contribution in [0.5, 0.6) is 5.75 Å². The number of para-hydroxylation sites is 2. The topological polar surface area (TPSA) is 52.1 Å². The smallest absolute Gasteiger partial charge is 0.191 e. The average molecular weight is 564 g/mol. The zero-order valence-corrected chi connectivity index (χ0v) is 22.4. The fourth-order valence-electron chi connectivity index (χ4n) is 4.98. The highest BCUT2D eigenvalue weighted by Crippen LogP contribution is 2.31. The molecule has 2 fully saturated rings. The Balaban J connectivity index is 0.00000306. The summed E-state index contributed by atoms with van der Waals surface area (Å²) in [6, 6.07) is 20.0. The number of anilines is 1. The number of methoxy groups -OCH3 is 1. The van der Waals surface area contributed by atoms with Crippen molar-refractivity contribution in [3.63, 3.8) is 0 Å². The van der Waals surface area contributed by atoms with Crippen LogP contribution < -0.4 is 20.3 Å². The molecule has 3 unspecified atom stereocenters. The van der Waals surface area contributed by atoms with Gasteiger partial charge in [-0.25, -0.2) is 0 Å². The first kappa shape index (κ1) is 25.6. The van der Waals surface area contributed by atoms with Crippen LogP contribution >= 0.6 is 24.0 Å². The van der Waals surface area contributed by atoms with E-state index in [4.69, 9.17) is 4.74 Å². The van der Waals surface area contributed by atoms with Crippen LogP contribution in [0.1, 0.15) is 25.3 Å². The van der Waals surface area contributed by atoms with Crippen LogP contribution in [0.25, 0.3) is 0 Å². The summed E-state index contributed by atoms with van der Waals surface area (Å²) in [5.41, 5.74) is 2.57. The number of aliphatic imine (C=N–C) groups is 1. The van der Waals surface area contributed by atoms with E-state index in [9.17, 15) is 0 Å². The Kier molecular flexibility index (Phi) is 9.67. The standard InChI is InChI=1S/C26H37N5O.HI/c1-20-15-23(19-31(20)17-21-9-5-4-6-10-21)29-26(27-2)28-16-22-13-14-30(18-22)24-11-7-8-12-25(24)32-3;/h4-12,20,22-23H,13-19H2,1-3H3,(H2,27,28,29);1H. The Morgan fingerprint density at radius 2 is 1.85 bits per heavy atom. The van der Waals surface area contributed by atoms with Gasteiger partial charge in [0.1, 0.15) is 5.75 Å². The summed E-state index contributed by atoms with van der Waals surface area (Å²) < 4.78 is 5.55. The molecule has 0 saturated carbocycles. The highest BCUT2D eigenvalue weighted by atomic mass is 127. The summed E-state index contributed by atoms with van der Waals surface area (Å²) in [7, 11) is 3.61. The van der Waals surface area contributed by atoms with Gasteiger partial charge < -0.3 is 20.3 Å². The Labute approximate surface area is 215 Å². The summed E-state index contributed by atoms with van der Waals surface area (Å²) in [6.45, 7) is 7.41. The third kappa shape index (κ3) is 6.76. The van der Waals surface area contributed by atoms with Crippen LogP contribution in [0.3, 0.4) is 0 Å². The van der Waals surface area contributed by atoms with Gasteiger partial charge in [0.25, 0.3) is 0 Å². The van der Waals surface area contributed by atoms with Crippen molar-refractivity contribution in [3.8, 4) is 5.75 Å². The molecule has 2 aliphatic heterocycles. The predicted molar refractivity (Wildman–Crippen MR) is 148 cm³/mol. The first-order chi connectivity index (χ1) is 15.7. The number of nitrogens with zero attached hydrogens (tertiary/aromatic N) is 3. The highest BCUT2D eigenvalue weighted by Gasteiger charge is 2.30. The van der Waals surface area contributed by atoms with Gasteiger partial charge in [0.2, 0.25) is 0 Å². The molecule has 0 aromatic heterocycles. The van der Waals surface area contributed by atoms with Crippen molar-refractivity contribution in [1.29, 1.82) is 0 Å². The molecule has 0 spiro atoms. The molecule has 0 bridgehead atoms. The maximum absolute atomic E-state index is 5.55. The molecular weight excluding hydrogens is 525 g/mol. The maximum Gasteiger partial charge on any atom is 0.191 e. The largest absolute Gasteiger partial charge is 0.495 e. The first-order valence-corrected chi connectivity index (χ1v) is 11.8. The Morgan fingerprint density at radius 3 is 2.61 bits per heavy atom. The van der Waals surface area contributed by atoms with Crippen molar-refractivity contribution in [1.82, 2.24) is 15.5 Å². The SMILES string of the molecule is CN=C(NCC1CCN(c2ccccc2OC)C1)NC1CC(C)N(Cc2ccccc2)C1.I. The lowest BCUT2D eigenvalue weighted by molar-refractivity contribution is 0.258. The summed E-state index contributed by atoms with van der Waals surface area (Å²) >= 11 is 0. The van der Waals surface area contributed by atoms with E-state index in [0.717, 1.165) is 50.9 Å². The zero-order valence-electron chi connectivity index (χ0n) is 20.0. The number of benzene rings is 2. The third-order valence-corrected chi connectivity index (χ3v) is 6.77. The lowest BCUT2D eigenvalue weighted by Gasteiger charge is -2.22. The molecule has 2 heterocycles. The zero-order chi connectivity index (χ0) is 22.3. The van der Waals surface area contributed by atoms with Crippen LogP contribution in [0, 0.1) is 5.92 Å². The van der Waals surface area contributed by atoms with Crippen LogP contribution in [0.2, 0.25) is 0 Å². The van der Waals surface area contributed by atoms with E-state index in [1.54, 1.807) is 7.11 Å². The summed E-state index contributed by atoms with van der Waals surface area (Å²) in [5, 5.41) is 7.24. The fraction of sp³-hybridized carbons (Fsp3) is 0.500. The summed E-state index contributed by atoms with van der Waals surface area (Å²) in [6.07, 6.45) is 2.31. The van der Waals surface area contributed by atoms with E-state index in [1.165, 1.54) is 17.7 Å². The van der Waals surface area contributed by atoms with Gasteiger partial charge in [0.05, 0.1) is 12.8 Å². The van der Waals surface area contributed by atoms with E-state index in [-0.39, 0.29) is 24.0 Å². The molecule has 33 heavy (non-hydrogen) atoms. The van der Waals surface area contributed by atoms with Crippen molar-refractivity contribution in [2.24, 2.45) is 10.9 Å². The third-order valence-electron chi connectivity index (χ3n) is 6.77. The van der Waals surface area contributed by atoms with E-state index >= 15 is 0 Å². The second-order valence-corrected chi connectivity index (χ2v) is 9.07. The molecule has 2 aliphatic rings. The number of guanidine groups is 1. The normalized spacial score (nSPS) is 23.3. The number of likely N-dealkylation sites (tertiary alicyclic amines) is 1. The van der Waals surface area contributed by atoms with Gasteiger partial charge in [-0.2, -0.15) is 0 Å². The Hall–Kier alpha value is -2.00. The minimum absolute atomic E-state index is 0. The van der Waals surface area contributed by atoms with E-state index in [0.29, 0.717) is 18.0 Å². The van der Waals surface area contributed by atoms with Crippen LogP contribution in [0.4, 0.5) is 5.69 Å². The van der Waals surface area contributed by atoms with Crippen molar-refractivity contribution >= 4 is 35.6 Å². The molecule has 180 valence electrons. The Morgan fingerprint density at radius 1 is 1.09 bits per heavy atom. The quantitative estimate of drug-likeness (QED) is 0.304. The minimum Gasteiger partial charge on any atom is -0.495 e. The number of hydrogen-bond acceptors (Lipinski definition) is 4. The Bertz CT molecular complexity index is 893. The van der Waals surface area contributed by atoms with Gasteiger partial charge in [-0.3, -0.25) is 9.89 Å². The maximum atomic E-state index is 5.55. The predicted octanol–water partition coefficient (Wildman–Crippen LogP) is 3.97. The molecule has 0 aliphatic carbocycles. The second kappa shape index (κ2) is 12.5. The van der Waals surface area contributed by atoms with Crippen LogP contribution in [-0.4, -0.2) is 63.3 Å². The molecular formula is C26H38IN5O. The lowest BCUT2D eigenvalue weighted by atomic mass is 10.1. The van der Waals surface area contributed by atoms with Gasteiger partial charge in [0.15, 0.2) is 5.96 Å². The van der Waals surface area contributed by atoms with Gasteiger partial charge in [-0.05, 0) is 43.4 Å². The molecule has 2 aromatic carbocycles. The molecule has 2 N–H and O–H groups in total.